The normalized spacial score (nSPS) is 12.2. The first-order valence-corrected chi connectivity index (χ1v) is 16.8. The van der Waals surface area contributed by atoms with Crippen LogP contribution in [0.25, 0.3) is 43.7 Å². The van der Waals surface area contributed by atoms with E-state index in [2.05, 4.69) is 9.97 Å². The molecule has 14 nitrogen and oxygen atoms in total. The van der Waals surface area contributed by atoms with Gasteiger partial charge in [0, 0.05) is 33.7 Å². The zero-order chi connectivity index (χ0) is 33.8. The van der Waals surface area contributed by atoms with Gasteiger partial charge in [0.25, 0.3) is 43.6 Å². The minimum atomic E-state index is -4.58. The number of hydrogen-bond donors (Lipinski definition) is 2. The fraction of sp³-hybridized carbons (Fsp3) is 0.0625. The fourth-order valence-electron chi connectivity index (χ4n) is 5.17. The van der Waals surface area contributed by atoms with Crippen LogP contribution in [0.1, 0.15) is 21.4 Å². The maximum Gasteiger partial charge on any atom is 0.295 e. The van der Waals surface area contributed by atoms with Crippen molar-refractivity contribution in [1.29, 1.82) is 0 Å². The highest BCUT2D eigenvalue weighted by Crippen LogP contribution is 2.33. The Hall–Kier alpha value is -5.68. The summed E-state index contributed by atoms with van der Waals surface area (Å²) in [6, 6.07) is 20.9. The van der Waals surface area contributed by atoms with E-state index < -0.39 is 45.0 Å². The molecule has 7 aromatic rings. The van der Waals surface area contributed by atoms with E-state index in [0.29, 0.717) is 10.8 Å². The number of carbonyl (C=O) groups is 2. The zero-order valence-electron chi connectivity index (χ0n) is 24.2. The average molecular weight is 689 g/mol. The smallest absolute Gasteiger partial charge is 0.295 e. The summed E-state index contributed by atoms with van der Waals surface area (Å²) < 4.78 is 89.1. The van der Waals surface area contributed by atoms with E-state index in [1.807, 2.05) is 0 Å². The van der Waals surface area contributed by atoms with E-state index in [4.69, 9.17) is 18.3 Å². The van der Waals surface area contributed by atoms with Crippen molar-refractivity contribution in [3.63, 3.8) is 0 Å². The van der Waals surface area contributed by atoms with Crippen LogP contribution in [0.5, 0.6) is 11.5 Å². The number of hydrogen-bond acceptors (Lipinski definition) is 12. The highest BCUT2D eigenvalue weighted by atomic mass is 32.2. The largest absolute Gasteiger partial charge is 0.485 e. The molecule has 242 valence electrons. The van der Waals surface area contributed by atoms with Crippen molar-refractivity contribution in [1.82, 2.24) is 9.97 Å². The van der Waals surface area contributed by atoms with Gasteiger partial charge in [-0.15, -0.1) is 0 Å². The first-order chi connectivity index (χ1) is 22.9. The third kappa shape index (κ3) is 5.73. The monoisotopic (exact) mass is 688 g/mol. The lowest BCUT2D eigenvalue weighted by molar-refractivity contribution is 0.0881. The van der Waals surface area contributed by atoms with E-state index >= 15 is 0 Å². The van der Waals surface area contributed by atoms with E-state index in [-0.39, 0.29) is 66.0 Å². The lowest BCUT2D eigenvalue weighted by Crippen LogP contribution is -2.12. The van der Waals surface area contributed by atoms with E-state index in [1.165, 1.54) is 36.4 Å². The lowest BCUT2D eigenvalue weighted by Gasteiger charge is -2.07. The molecule has 0 saturated carbocycles. The lowest BCUT2D eigenvalue weighted by atomic mass is 10.1. The van der Waals surface area contributed by atoms with Gasteiger partial charge in [0.1, 0.15) is 32.3 Å². The van der Waals surface area contributed by atoms with Crippen molar-refractivity contribution in [2.24, 2.45) is 0 Å². The molecule has 0 amide bonds. The van der Waals surface area contributed by atoms with Gasteiger partial charge in [-0.1, -0.05) is 48.5 Å². The summed E-state index contributed by atoms with van der Waals surface area (Å²) in [5.74, 6) is -1.35. The second kappa shape index (κ2) is 11.5. The van der Waals surface area contributed by atoms with E-state index in [1.54, 1.807) is 36.4 Å². The van der Waals surface area contributed by atoms with Gasteiger partial charge >= 0.3 is 0 Å². The Morgan fingerprint density at radius 3 is 1.29 bits per heavy atom. The van der Waals surface area contributed by atoms with Crippen LogP contribution in [0, 0.1) is 0 Å². The van der Waals surface area contributed by atoms with Crippen LogP contribution in [0.2, 0.25) is 0 Å². The molecule has 0 aliphatic carbocycles. The maximum atomic E-state index is 12.8. The molecule has 0 saturated heterocycles. The SMILES string of the molecule is O=C(COc1ccc(OCC(=O)c2nc3c(cc(S(=O)(=O)O)c4ccccc43)o2)cc1)c1nc2c(cc(S(=O)(=O)O)c3ccccc32)o1. The summed E-state index contributed by atoms with van der Waals surface area (Å²) in [5.41, 5.74) is 0.474. The van der Waals surface area contributed by atoms with E-state index in [0.717, 1.165) is 12.1 Å². The van der Waals surface area contributed by atoms with Gasteiger partial charge < -0.3 is 18.3 Å². The predicted molar refractivity (Wildman–Crippen MR) is 169 cm³/mol. The van der Waals surface area contributed by atoms with Gasteiger partial charge in [-0.2, -0.15) is 16.8 Å². The third-order valence-corrected chi connectivity index (χ3v) is 9.11. The Kier molecular flexibility index (Phi) is 7.44. The molecular weight excluding hydrogens is 668 g/mol. The predicted octanol–water partition coefficient (Wildman–Crippen LogP) is 5.29. The second-order valence-corrected chi connectivity index (χ2v) is 13.2. The fourth-order valence-corrected chi connectivity index (χ4v) is 6.59. The number of Topliss-reactive ketones (excluding diaryl/α,β-unsaturated/α-hetero) is 2. The molecule has 0 bridgehead atoms. The van der Waals surface area contributed by atoms with Crippen molar-refractivity contribution in [3.05, 3.63) is 96.7 Å². The quantitative estimate of drug-likeness (QED) is 0.138. The van der Waals surface area contributed by atoms with Crippen LogP contribution in [-0.2, 0) is 20.2 Å². The Morgan fingerprint density at radius 2 is 0.938 bits per heavy atom. The molecule has 16 heteroatoms. The van der Waals surface area contributed by atoms with Crippen molar-refractivity contribution >= 4 is 75.5 Å². The highest BCUT2D eigenvalue weighted by Gasteiger charge is 2.24. The van der Waals surface area contributed by atoms with Crippen molar-refractivity contribution in [3.8, 4) is 11.5 Å². The van der Waals surface area contributed by atoms with Crippen LogP contribution < -0.4 is 9.47 Å². The summed E-state index contributed by atoms with van der Waals surface area (Å²) in [6.07, 6.45) is 0. The van der Waals surface area contributed by atoms with Crippen LogP contribution >= 0.6 is 0 Å². The molecule has 0 spiro atoms. The number of nitrogens with zero attached hydrogens (tertiary/aromatic N) is 2. The third-order valence-electron chi connectivity index (χ3n) is 7.32. The Bertz CT molecular complexity index is 2480. The number of rotatable bonds is 10. The number of carbonyl (C=O) groups excluding carboxylic acids is 2. The number of ketones is 2. The molecule has 2 aromatic heterocycles. The Labute approximate surface area is 270 Å². The zero-order valence-corrected chi connectivity index (χ0v) is 25.8. The van der Waals surface area contributed by atoms with Crippen LogP contribution in [0.3, 0.4) is 0 Å². The van der Waals surface area contributed by atoms with Gasteiger partial charge in [-0.05, 0) is 24.3 Å². The van der Waals surface area contributed by atoms with Gasteiger partial charge in [0.05, 0.1) is 0 Å². The Morgan fingerprint density at radius 1 is 0.583 bits per heavy atom. The van der Waals surface area contributed by atoms with Crippen molar-refractivity contribution in [2.45, 2.75) is 9.79 Å². The van der Waals surface area contributed by atoms with E-state index in [9.17, 15) is 35.5 Å². The maximum absolute atomic E-state index is 12.8. The first kappa shape index (κ1) is 30.9. The van der Waals surface area contributed by atoms with Crippen molar-refractivity contribution < 1.29 is 53.8 Å². The highest BCUT2D eigenvalue weighted by molar-refractivity contribution is 7.86. The van der Waals surface area contributed by atoms with Crippen LogP contribution in [0.15, 0.2) is 104 Å². The number of benzene rings is 5. The topological polar surface area (TPSA) is 213 Å². The molecule has 0 unspecified atom stereocenters. The summed E-state index contributed by atoms with van der Waals surface area (Å²) in [5, 5.41) is 1.18. The average Bonchev–Trinajstić information content (AvgIpc) is 3.70. The Balaban J connectivity index is 1.02. The summed E-state index contributed by atoms with van der Waals surface area (Å²) in [4.78, 5) is 33.3. The molecular formula is C32H20N2O12S2. The molecule has 0 atom stereocenters. The number of oxazole rings is 2. The minimum absolute atomic E-state index is 0.00484. The molecule has 5 aromatic carbocycles. The van der Waals surface area contributed by atoms with Crippen LogP contribution in [-0.4, -0.2) is 60.7 Å². The minimum Gasteiger partial charge on any atom is -0.485 e. The number of fused-ring (bicyclic) bond motifs is 6. The number of aromatic nitrogens is 2. The van der Waals surface area contributed by atoms with Crippen molar-refractivity contribution in [2.75, 3.05) is 13.2 Å². The summed E-state index contributed by atoms with van der Waals surface area (Å²) >= 11 is 0. The molecule has 0 aliphatic heterocycles. The molecule has 48 heavy (non-hydrogen) atoms. The first-order valence-electron chi connectivity index (χ1n) is 13.9. The standard InChI is InChI=1S/C32H20N2O12S2/c35-23(31-33-29-21-7-3-1-5-19(21)27(47(37,38)39)13-25(29)45-31)15-43-17-9-11-18(12-10-17)44-16-24(36)32-34-30-22-8-4-2-6-20(22)28(48(40,41)42)14-26(30)46-32/h1-14H,15-16H2,(H,37,38,39)(H,40,41,42). The second-order valence-electron chi connectivity index (χ2n) is 10.4. The molecule has 2 N–H and O–H groups in total. The van der Waals surface area contributed by atoms with Gasteiger partial charge in [-0.25, -0.2) is 9.97 Å². The number of ether oxygens (including phenoxy) is 2. The molecule has 7 rings (SSSR count). The van der Waals surface area contributed by atoms with Gasteiger partial charge in [0.15, 0.2) is 24.4 Å². The summed E-state index contributed by atoms with van der Waals surface area (Å²) in [6.45, 7) is -0.944. The molecule has 0 radical (unpaired) electrons. The van der Waals surface area contributed by atoms with Crippen LogP contribution in [0.4, 0.5) is 0 Å². The van der Waals surface area contributed by atoms with Gasteiger partial charge in [-0.3, -0.25) is 18.7 Å². The molecule has 0 fully saturated rings. The molecule has 2 heterocycles. The summed E-state index contributed by atoms with van der Waals surface area (Å²) in [7, 11) is -9.17. The van der Waals surface area contributed by atoms with Gasteiger partial charge in [0.2, 0.25) is 0 Å². The molecule has 0 aliphatic rings.